The number of halogens is 1. The number of ketones is 1. The first-order valence-electron chi connectivity index (χ1n) is 5.52. The van der Waals surface area contributed by atoms with Crippen LogP contribution in [0.4, 0.5) is 4.39 Å². The Labute approximate surface area is 94.4 Å². The molecule has 1 saturated heterocycles. The van der Waals surface area contributed by atoms with Crippen LogP contribution in [0.2, 0.25) is 0 Å². The van der Waals surface area contributed by atoms with E-state index in [0.717, 1.165) is 12.8 Å². The molecule has 1 heterocycles. The lowest BCUT2D eigenvalue weighted by atomic mass is 9.99. The SMILES string of the molecule is Cc1cc(C(=O)C2CCCO2)cc(C)c1F. The minimum atomic E-state index is -0.329. The first kappa shape index (κ1) is 11.3. The van der Waals surface area contributed by atoms with Crippen molar-refractivity contribution >= 4 is 5.78 Å². The summed E-state index contributed by atoms with van der Waals surface area (Å²) in [7, 11) is 0. The monoisotopic (exact) mass is 222 g/mol. The molecule has 0 saturated carbocycles. The number of carbonyl (C=O) groups is 1. The van der Waals surface area contributed by atoms with Crippen molar-refractivity contribution in [2.45, 2.75) is 32.8 Å². The van der Waals surface area contributed by atoms with Gasteiger partial charge in [-0.25, -0.2) is 4.39 Å². The molecule has 0 N–H and O–H groups in total. The van der Waals surface area contributed by atoms with Gasteiger partial charge in [-0.3, -0.25) is 4.79 Å². The second-order valence-electron chi connectivity index (χ2n) is 4.29. The lowest BCUT2D eigenvalue weighted by Gasteiger charge is -2.10. The van der Waals surface area contributed by atoms with Crippen molar-refractivity contribution in [3.05, 3.63) is 34.6 Å². The van der Waals surface area contributed by atoms with Crippen LogP contribution in [0.5, 0.6) is 0 Å². The van der Waals surface area contributed by atoms with E-state index < -0.39 is 0 Å². The number of aryl methyl sites for hydroxylation is 2. The molecule has 0 amide bonds. The highest BCUT2D eigenvalue weighted by molar-refractivity contribution is 5.99. The molecule has 1 atom stereocenters. The van der Waals surface area contributed by atoms with E-state index in [2.05, 4.69) is 0 Å². The highest BCUT2D eigenvalue weighted by Crippen LogP contribution is 2.20. The first-order chi connectivity index (χ1) is 7.59. The van der Waals surface area contributed by atoms with Crippen molar-refractivity contribution in [1.29, 1.82) is 0 Å². The van der Waals surface area contributed by atoms with Gasteiger partial charge >= 0.3 is 0 Å². The Morgan fingerprint density at radius 2 is 2.00 bits per heavy atom. The third-order valence-electron chi connectivity index (χ3n) is 2.94. The predicted molar refractivity (Wildman–Crippen MR) is 59.2 cm³/mol. The van der Waals surface area contributed by atoms with Crippen molar-refractivity contribution in [2.75, 3.05) is 6.61 Å². The summed E-state index contributed by atoms with van der Waals surface area (Å²) in [6.07, 6.45) is 1.37. The molecule has 0 aliphatic carbocycles. The molecule has 1 aliphatic rings. The van der Waals surface area contributed by atoms with Gasteiger partial charge in [-0.15, -0.1) is 0 Å². The molecule has 1 aliphatic heterocycles. The Kier molecular flexibility index (Phi) is 3.06. The second kappa shape index (κ2) is 4.34. The fourth-order valence-corrected chi connectivity index (χ4v) is 2.06. The third kappa shape index (κ3) is 2.00. The smallest absolute Gasteiger partial charge is 0.191 e. The molecule has 0 spiro atoms. The van der Waals surface area contributed by atoms with Gasteiger partial charge in [0.25, 0.3) is 0 Å². The average Bonchev–Trinajstić information content (AvgIpc) is 2.77. The zero-order chi connectivity index (χ0) is 11.7. The summed E-state index contributed by atoms with van der Waals surface area (Å²) in [4.78, 5) is 12.0. The van der Waals surface area contributed by atoms with Crippen LogP contribution in [-0.2, 0) is 4.74 Å². The predicted octanol–water partition coefficient (Wildman–Crippen LogP) is 2.80. The van der Waals surface area contributed by atoms with Crippen LogP contribution in [0.25, 0.3) is 0 Å². The molecule has 2 rings (SSSR count). The van der Waals surface area contributed by atoms with Crippen LogP contribution < -0.4 is 0 Å². The van der Waals surface area contributed by atoms with Gasteiger partial charge in [-0.05, 0) is 49.9 Å². The highest BCUT2D eigenvalue weighted by Gasteiger charge is 2.25. The third-order valence-corrected chi connectivity index (χ3v) is 2.94. The number of carbonyl (C=O) groups excluding carboxylic acids is 1. The van der Waals surface area contributed by atoms with Gasteiger partial charge in [0.2, 0.25) is 0 Å². The summed E-state index contributed by atoms with van der Waals surface area (Å²) in [6.45, 7) is 4.00. The number of benzene rings is 1. The number of hydrogen-bond acceptors (Lipinski definition) is 2. The number of Topliss-reactive ketones (excluding diaryl/α,β-unsaturated/α-hetero) is 1. The van der Waals surface area contributed by atoms with Gasteiger partial charge in [0, 0.05) is 12.2 Å². The molecule has 1 aromatic carbocycles. The molecule has 86 valence electrons. The molecule has 1 unspecified atom stereocenters. The second-order valence-corrected chi connectivity index (χ2v) is 4.29. The fourth-order valence-electron chi connectivity index (χ4n) is 2.06. The largest absolute Gasteiger partial charge is 0.370 e. The standard InChI is InChI=1S/C13H15FO2/c1-8-6-10(7-9(2)12(8)14)13(15)11-4-3-5-16-11/h6-7,11H,3-5H2,1-2H3. The van der Waals surface area contributed by atoms with E-state index in [1.165, 1.54) is 0 Å². The molecule has 1 aromatic rings. The molecule has 0 aromatic heterocycles. The van der Waals surface area contributed by atoms with Gasteiger partial charge < -0.3 is 4.74 Å². The molecule has 1 fully saturated rings. The molecular formula is C13H15FO2. The summed E-state index contributed by atoms with van der Waals surface area (Å²) in [5.41, 5.74) is 1.59. The normalized spacial score (nSPS) is 20.1. The maximum Gasteiger partial charge on any atom is 0.191 e. The van der Waals surface area contributed by atoms with Crippen molar-refractivity contribution in [2.24, 2.45) is 0 Å². The molecule has 3 heteroatoms. The van der Waals surface area contributed by atoms with E-state index in [1.54, 1.807) is 26.0 Å². The Morgan fingerprint density at radius 1 is 1.38 bits per heavy atom. The summed E-state index contributed by atoms with van der Waals surface area (Å²) in [5, 5.41) is 0. The lowest BCUT2D eigenvalue weighted by Crippen LogP contribution is -2.19. The van der Waals surface area contributed by atoms with E-state index in [-0.39, 0.29) is 17.7 Å². The number of hydrogen-bond donors (Lipinski definition) is 0. The highest BCUT2D eigenvalue weighted by atomic mass is 19.1. The van der Waals surface area contributed by atoms with Crippen LogP contribution in [0.15, 0.2) is 12.1 Å². The van der Waals surface area contributed by atoms with Crippen LogP contribution in [0.3, 0.4) is 0 Å². The Hall–Kier alpha value is -1.22. The zero-order valence-electron chi connectivity index (χ0n) is 9.55. The van der Waals surface area contributed by atoms with E-state index in [4.69, 9.17) is 4.74 Å². The molecule has 16 heavy (non-hydrogen) atoms. The van der Waals surface area contributed by atoms with Gasteiger partial charge in [0.05, 0.1) is 0 Å². The fraction of sp³-hybridized carbons (Fsp3) is 0.462. The number of rotatable bonds is 2. The molecule has 0 radical (unpaired) electrons. The van der Waals surface area contributed by atoms with E-state index in [1.807, 2.05) is 0 Å². The van der Waals surface area contributed by atoms with Crippen LogP contribution in [0, 0.1) is 19.7 Å². The Bertz CT molecular complexity index is 397. The van der Waals surface area contributed by atoms with Crippen molar-refractivity contribution in [3.8, 4) is 0 Å². The zero-order valence-corrected chi connectivity index (χ0v) is 9.55. The van der Waals surface area contributed by atoms with Crippen molar-refractivity contribution in [3.63, 3.8) is 0 Å². The van der Waals surface area contributed by atoms with E-state index in [9.17, 15) is 9.18 Å². The van der Waals surface area contributed by atoms with Crippen LogP contribution >= 0.6 is 0 Å². The Balaban J connectivity index is 2.29. The van der Waals surface area contributed by atoms with Gasteiger partial charge in [0.1, 0.15) is 11.9 Å². The minimum Gasteiger partial charge on any atom is -0.370 e. The Morgan fingerprint density at radius 3 is 2.50 bits per heavy atom. The number of ether oxygens (including phenoxy) is 1. The molecular weight excluding hydrogens is 207 g/mol. The quantitative estimate of drug-likeness (QED) is 0.719. The van der Waals surface area contributed by atoms with Gasteiger partial charge in [0.15, 0.2) is 5.78 Å². The van der Waals surface area contributed by atoms with Gasteiger partial charge in [-0.2, -0.15) is 0 Å². The maximum absolute atomic E-state index is 13.4. The summed E-state index contributed by atoms with van der Waals surface area (Å²) in [5.74, 6) is -0.257. The van der Waals surface area contributed by atoms with Crippen molar-refractivity contribution < 1.29 is 13.9 Å². The summed E-state index contributed by atoms with van der Waals surface area (Å²) >= 11 is 0. The lowest BCUT2D eigenvalue weighted by molar-refractivity contribution is 0.0642. The average molecular weight is 222 g/mol. The van der Waals surface area contributed by atoms with E-state index in [0.29, 0.717) is 23.3 Å². The van der Waals surface area contributed by atoms with Crippen LogP contribution in [-0.4, -0.2) is 18.5 Å². The topological polar surface area (TPSA) is 26.3 Å². The summed E-state index contributed by atoms with van der Waals surface area (Å²) in [6, 6.07) is 3.21. The summed E-state index contributed by atoms with van der Waals surface area (Å²) < 4.78 is 18.7. The molecule has 2 nitrogen and oxygen atoms in total. The molecule has 0 bridgehead atoms. The minimum absolute atomic E-state index is 0.0244. The maximum atomic E-state index is 13.4. The van der Waals surface area contributed by atoms with Gasteiger partial charge in [-0.1, -0.05) is 0 Å². The van der Waals surface area contributed by atoms with E-state index >= 15 is 0 Å². The first-order valence-corrected chi connectivity index (χ1v) is 5.52. The van der Waals surface area contributed by atoms with Crippen LogP contribution in [0.1, 0.15) is 34.3 Å². The van der Waals surface area contributed by atoms with Crippen molar-refractivity contribution in [1.82, 2.24) is 0 Å².